The van der Waals surface area contributed by atoms with Crippen LogP contribution in [0, 0.1) is 0 Å². The molecule has 4 aromatic rings. The first kappa shape index (κ1) is 20.7. The lowest BCUT2D eigenvalue weighted by atomic mass is 10.1. The Morgan fingerprint density at radius 2 is 1.94 bits per heavy atom. The highest BCUT2D eigenvalue weighted by atomic mass is 32.2. The Morgan fingerprint density at radius 3 is 2.69 bits per heavy atom. The number of benzene rings is 2. The summed E-state index contributed by atoms with van der Waals surface area (Å²) >= 11 is 1.48. The first-order chi connectivity index (χ1) is 15.7. The van der Waals surface area contributed by atoms with E-state index in [4.69, 9.17) is 0 Å². The van der Waals surface area contributed by atoms with Gasteiger partial charge in [0, 0.05) is 35.9 Å². The maximum absolute atomic E-state index is 13.5. The Balaban J connectivity index is 1.43. The molecule has 5 rings (SSSR count). The fourth-order valence-corrected chi connectivity index (χ4v) is 5.01. The largest absolute Gasteiger partial charge is 0.311 e. The van der Waals surface area contributed by atoms with Crippen LogP contribution in [0.3, 0.4) is 0 Å². The predicted molar refractivity (Wildman–Crippen MR) is 129 cm³/mol. The molecule has 0 bridgehead atoms. The van der Waals surface area contributed by atoms with Crippen molar-refractivity contribution in [1.29, 1.82) is 0 Å². The number of nitrogens with zero attached hydrogens (tertiary/aromatic N) is 5. The highest BCUT2D eigenvalue weighted by Gasteiger charge is 2.32. The molecule has 32 heavy (non-hydrogen) atoms. The van der Waals surface area contributed by atoms with Crippen molar-refractivity contribution in [2.75, 3.05) is 11.4 Å². The molecule has 1 atom stereocenters. The third-order valence-electron chi connectivity index (χ3n) is 5.77. The van der Waals surface area contributed by atoms with Gasteiger partial charge < -0.3 is 4.90 Å². The first-order valence-corrected chi connectivity index (χ1v) is 11.9. The first-order valence-electron chi connectivity index (χ1n) is 11.0. The van der Waals surface area contributed by atoms with Crippen molar-refractivity contribution in [3.8, 4) is 11.4 Å². The zero-order valence-electron chi connectivity index (χ0n) is 18.2. The smallest absolute Gasteiger partial charge is 0.240 e. The molecule has 1 fully saturated rings. The van der Waals surface area contributed by atoms with Crippen LogP contribution in [0.15, 0.2) is 72.1 Å². The van der Waals surface area contributed by atoms with Crippen LogP contribution in [-0.4, -0.2) is 37.5 Å². The second-order valence-corrected chi connectivity index (χ2v) is 9.30. The summed E-state index contributed by atoms with van der Waals surface area (Å²) in [6.45, 7) is 4.58. The minimum absolute atomic E-state index is 0.0714. The van der Waals surface area contributed by atoms with Crippen LogP contribution in [0.25, 0.3) is 22.2 Å². The van der Waals surface area contributed by atoms with Gasteiger partial charge >= 0.3 is 0 Å². The number of pyridine rings is 1. The summed E-state index contributed by atoms with van der Waals surface area (Å²) in [5, 5.41) is 11.6. The normalized spacial score (nSPS) is 14.4. The van der Waals surface area contributed by atoms with Crippen molar-refractivity contribution in [2.24, 2.45) is 0 Å². The molecule has 0 N–H and O–H groups in total. The van der Waals surface area contributed by atoms with Gasteiger partial charge in [0.25, 0.3) is 0 Å². The van der Waals surface area contributed by atoms with Crippen LogP contribution >= 0.6 is 11.8 Å². The molecule has 7 heteroatoms. The zero-order valence-corrected chi connectivity index (χ0v) is 19.0. The lowest BCUT2D eigenvalue weighted by Crippen LogP contribution is -2.36. The monoisotopic (exact) mass is 443 g/mol. The van der Waals surface area contributed by atoms with E-state index in [2.05, 4.69) is 37.9 Å². The molecule has 0 radical (unpaired) electrons. The summed E-state index contributed by atoms with van der Waals surface area (Å²) in [5.74, 6) is 0.895. The van der Waals surface area contributed by atoms with E-state index in [1.165, 1.54) is 11.8 Å². The van der Waals surface area contributed by atoms with Crippen molar-refractivity contribution >= 4 is 34.1 Å². The number of anilines is 1. The summed E-state index contributed by atoms with van der Waals surface area (Å²) in [5.41, 5.74) is 1.89. The third kappa shape index (κ3) is 3.88. The Morgan fingerprint density at radius 1 is 1.12 bits per heavy atom. The van der Waals surface area contributed by atoms with Crippen molar-refractivity contribution < 1.29 is 4.79 Å². The van der Waals surface area contributed by atoms with Gasteiger partial charge in [-0.05, 0) is 50.3 Å². The molecule has 1 amide bonds. The van der Waals surface area contributed by atoms with E-state index in [1.54, 1.807) is 6.20 Å². The van der Waals surface area contributed by atoms with Crippen LogP contribution in [0.5, 0.6) is 0 Å². The lowest BCUT2D eigenvalue weighted by molar-refractivity contribution is -0.117. The molecule has 0 saturated heterocycles. The third-order valence-corrected chi connectivity index (χ3v) is 6.81. The van der Waals surface area contributed by atoms with Gasteiger partial charge in [0.15, 0.2) is 11.0 Å². The number of hydrogen-bond donors (Lipinski definition) is 0. The quantitative estimate of drug-likeness (QED) is 0.360. The van der Waals surface area contributed by atoms with Crippen LogP contribution in [0.4, 0.5) is 5.69 Å². The summed E-state index contributed by atoms with van der Waals surface area (Å²) < 4.78 is 2.18. The maximum Gasteiger partial charge on any atom is 0.240 e. The standard InChI is InChI=1S/C25H25N5OS/c1-3-29(22-12-6-9-18-8-4-5-11-21(18)22)24(31)17(2)32-25-28-27-23(30(25)20-13-14-20)19-10-7-15-26-16-19/h4-12,15-17,20H,3,13-14H2,1-2H3. The van der Waals surface area contributed by atoms with E-state index >= 15 is 0 Å². The van der Waals surface area contributed by atoms with Gasteiger partial charge in [-0.2, -0.15) is 0 Å². The van der Waals surface area contributed by atoms with Crippen LogP contribution in [0.1, 0.15) is 32.7 Å². The molecule has 162 valence electrons. The molecule has 1 unspecified atom stereocenters. The average molecular weight is 444 g/mol. The number of rotatable bonds is 7. The van der Waals surface area contributed by atoms with Crippen LogP contribution in [0.2, 0.25) is 0 Å². The number of hydrogen-bond acceptors (Lipinski definition) is 5. The van der Waals surface area contributed by atoms with E-state index < -0.39 is 0 Å². The molecule has 0 aliphatic heterocycles. The van der Waals surface area contributed by atoms with E-state index in [0.717, 1.165) is 45.8 Å². The second-order valence-electron chi connectivity index (χ2n) is 7.99. The SMILES string of the molecule is CCN(C(=O)C(C)Sc1nnc(-c2cccnc2)n1C1CC1)c1cccc2ccccc12. The topological polar surface area (TPSA) is 63.9 Å². The summed E-state index contributed by atoms with van der Waals surface area (Å²) in [7, 11) is 0. The Kier molecular flexibility index (Phi) is 5.66. The molecule has 0 spiro atoms. The van der Waals surface area contributed by atoms with Gasteiger partial charge in [-0.15, -0.1) is 10.2 Å². The summed E-state index contributed by atoms with van der Waals surface area (Å²) in [6.07, 6.45) is 5.78. The molecule has 2 aromatic carbocycles. The van der Waals surface area contributed by atoms with E-state index in [-0.39, 0.29) is 11.2 Å². The van der Waals surface area contributed by atoms with Gasteiger partial charge in [-0.1, -0.05) is 48.2 Å². The predicted octanol–water partition coefficient (Wildman–Crippen LogP) is 5.36. The molecule has 1 aliphatic rings. The molecular weight excluding hydrogens is 418 g/mol. The Bertz CT molecular complexity index is 1250. The molecule has 2 heterocycles. The molecule has 1 saturated carbocycles. The minimum atomic E-state index is -0.294. The Hall–Kier alpha value is -3.19. The molecule has 2 aromatic heterocycles. The Labute approximate surface area is 191 Å². The molecule has 6 nitrogen and oxygen atoms in total. The van der Waals surface area contributed by atoms with Crippen molar-refractivity contribution in [3.63, 3.8) is 0 Å². The summed E-state index contributed by atoms with van der Waals surface area (Å²) in [4.78, 5) is 19.6. The second kappa shape index (κ2) is 8.74. The fraction of sp³-hybridized carbons (Fsp3) is 0.280. The molecular formula is C25H25N5OS. The maximum atomic E-state index is 13.5. The number of thioether (sulfide) groups is 1. The van der Waals surface area contributed by atoms with Crippen LogP contribution < -0.4 is 4.90 Å². The van der Waals surface area contributed by atoms with Crippen molar-refractivity contribution in [2.45, 2.75) is 43.1 Å². The number of aromatic nitrogens is 4. The van der Waals surface area contributed by atoms with Gasteiger partial charge in [-0.25, -0.2) is 0 Å². The van der Waals surface area contributed by atoms with Crippen molar-refractivity contribution in [1.82, 2.24) is 19.7 Å². The van der Waals surface area contributed by atoms with Gasteiger partial charge in [0.2, 0.25) is 5.91 Å². The van der Waals surface area contributed by atoms with E-state index in [0.29, 0.717) is 12.6 Å². The summed E-state index contributed by atoms with van der Waals surface area (Å²) in [6, 6.07) is 18.6. The van der Waals surface area contributed by atoms with Gasteiger partial charge in [-0.3, -0.25) is 14.3 Å². The number of fused-ring (bicyclic) bond motifs is 1. The highest BCUT2D eigenvalue weighted by molar-refractivity contribution is 8.00. The fourth-order valence-electron chi connectivity index (χ4n) is 4.03. The lowest BCUT2D eigenvalue weighted by Gasteiger charge is -2.25. The molecule has 1 aliphatic carbocycles. The van der Waals surface area contributed by atoms with Gasteiger partial charge in [0.1, 0.15) is 0 Å². The van der Waals surface area contributed by atoms with E-state index in [1.807, 2.05) is 61.3 Å². The minimum Gasteiger partial charge on any atom is -0.311 e. The number of carbonyl (C=O) groups excluding carboxylic acids is 1. The average Bonchev–Trinajstić information content (AvgIpc) is 3.59. The zero-order chi connectivity index (χ0) is 22.1. The number of carbonyl (C=O) groups is 1. The van der Waals surface area contributed by atoms with Gasteiger partial charge in [0.05, 0.1) is 10.9 Å². The van der Waals surface area contributed by atoms with Crippen molar-refractivity contribution in [3.05, 3.63) is 67.0 Å². The van der Waals surface area contributed by atoms with E-state index in [9.17, 15) is 4.79 Å². The van der Waals surface area contributed by atoms with Crippen LogP contribution in [-0.2, 0) is 4.79 Å². The highest BCUT2D eigenvalue weighted by Crippen LogP contribution is 2.42. The number of amides is 1.